The second-order valence-corrected chi connectivity index (χ2v) is 3.94. The summed E-state index contributed by atoms with van der Waals surface area (Å²) in [5, 5.41) is 19.2. The number of carboxylic acid groups (broad SMARTS) is 1. The normalized spacial score (nSPS) is 10.1. The second kappa shape index (κ2) is 5.49. The van der Waals surface area contributed by atoms with Crippen LogP contribution in [-0.2, 0) is 0 Å². The van der Waals surface area contributed by atoms with Crippen LogP contribution >= 0.6 is 11.6 Å². The summed E-state index contributed by atoms with van der Waals surface area (Å²) >= 11 is 5.72. The number of nitro benzene ring substituents is 1. The highest BCUT2D eigenvalue weighted by Crippen LogP contribution is 2.29. The summed E-state index contributed by atoms with van der Waals surface area (Å²) in [5.41, 5.74) is -0.333. The molecule has 9 heteroatoms. The third kappa shape index (κ3) is 2.98. The number of hydrogen-bond acceptors (Lipinski definition) is 6. The Hall–Kier alpha value is -2.74. The molecule has 0 fully saturated rings. The van der Waals surface area contributed by atoms with Crippen LogP contribution < -0.4 is 4.74 Å². The monoisotopic (exact) mass is 295 g/mol. The fraction of sp³-hybridized carbons (Fsp3) is 0. The summed E-state index contributed by atoms with van der Waals surface area (Å²) in [5.74, 6) is -0.960. The molecule has 2 rings (SSSR count). The quantitative estimate of drug-likeness (QED) is 0.680. The largest absolute Gasteiger partial charge is 0.478 e. The zero-order valence-electron chi connectivity index (χ0n) is 9.69. The van der Waals surface area contributed by atoms with Crippen molar-refractivity contribution in [1.82, 2.24) is 9.97 Å². The summed E-state index contributed by atoms with van der Waals surface area (Å²) in [4.78, 5) is 28.0. The molecule has 1 N–H and O–H groups in total. The molecule has 0 amide bonds. The Labute approximate surface area is 116 Å². The molecule has 0 saturated heterocycles. The minimum Gasteiger partial charge on any atom is -0.478 e. The van der Waals surface area contributed by atoms with Gasteiger partial charge in [0, 0.05) is 24.5 Å². The first kappa shape index (κ1) is 13.7. The lowest BCUT2D eigenvalue weighted by molar-refractivity contribution is -0.384. The Morgan fingerprint density at radius 2 is 2.00 bits per heavy atom. The third-order valence-corrected chi connectivity index (χ3v) is 2.50. The third-order valence-electron chi connectivity index (χ3n) is 2.20. The molecule has 20 heavy (non-hydrogen) atoms. The van der Waals surface area contributed by atoms with Crippen LogP contribution in [0.1, 0.15) is 10.4 Å². The molecule has 2 aromatic rings. The first-order chi connectivity index (χ1) is 9.47. The van der Waals surface area contributed by atoms with Gasteiger partial charge in [-0.1, -0.05) is 11.6 Å². The summed E-state index contributed by atoms with van der Waals surface area (Å²) in [6, 6.07) is 3.66. The van der Waals surface area contributed by atoms with E-state index in [1.807, 2.05) is 0 Å². The Morgan fingerprint density at radius 3 is 2.50 bits per heavy atom. The summed E-state index contributed by atoms with van der Waals surface area (Å²) in [6.07, 6.45) is 2.16. The van der Waals surface area contributed by atoms with Crippen LogP contribution in [0.2, 0.25) is 5.02 Å². The van der Waals surface area contributed by atoms with Gasteiger partial charge in [0.25, 0.3) is 5.69 Å². The van der Waals surface area contributed by atoms with E-state index in [1.165, 1.54) is 18.2 Å². The number of rotatable bonds is 4. The number of carbonyl (C=O) groups is 1. The SMILES string of the molecule is O=C(O)c1cnc(Oc2ccc([N+](=O)[O-])c(Cl)c2)nc1. The Bertz CT molecular complexity index is 674. The molecule has 0 aliphatic carbocycles. The lowest BCUT2D eigenvalue weighted by atomic mass is 10.3. The summed E-state index contributed by atoms with van der Waals surface area (Å²) < 4.78 is 5.21. The van der Waals surface area contributed by atoms with Crippen LogP contribution in [0, 0.1) is 10.1 Å². The van der Waals surface area contributed by atoms with Crippen molar-refractivity contribution >= 4 is 23.3 Å². The number of hydrogen-bond donors (Lipinski definition) is 1. The molecule has 0 unspecified atom stereocenters. The number of halogens is 1. The first-order valence-electron chi connectivity index (χ1n) is 5.14. The number of carboxylic acids is 1. The average Bonchev–Trinajstić information content (AvgIpc) is 2.39. The number of ether oxygens (including phenoxy) is 1. The van der Waals surface area contributed by atoms with Gasteiger partial charge in [0.15, 0.2) is 0 Å². The maximum Gasteiger partial charge on any atom is 0.338 e. The molecule has 0 aliphatic rings. The zero-order chi connectivity index (χ0) is 14.7. The molecular formula is C11H6ClN3O5. The van der Waals surface area contributed by atoms with E-state index in [2.05, 4.69) is 9.97 Å². The zero-order valence-corrected chi connectivity index (χ0v) is 10.4. The van der Waals surface area contributed by atoms with Gasteiger partial charge in [-0.3, -0.25) is 10.1 Å². The number of aromatic nitrogens is 2. The predicted molar refractivity (Wildman–Crippen MR) is 67.2 cm³/mol. The number of benzene rings is 1. The van der Waals surface area contributed by atoms with Crippen LogP contribution in [0.3, 0.4) is 0 Å². The van der Waals surface area contributed by atoms with E-state index >= 15 is 0 Å². The molecule has 8 nitrogen and oxygen atoms in total. The van der Waals surface area contributed by atoms with Crippen molar-refractivity contribution in [1.29, 1.82) is 0 Å². The smallest absolute Gasteiger partial charge is 0.338 e. The first-order valence-corrected chi connectivity index (χ1v) is 5.52. The predicted octanol–water partition coefficient (Wildman–Crippen LogP) is 2.53. The molecule has 0 saturated carbocycles. The van der Waals surface area contributed by atoms with Gasteiger partial charge in [-0.15, -0.1) is 0 Å². The number of nitro groups is 1. The van der Waals surface area contributed by atoms with Gasteiger partial charge in [-0.2, -0.15) is 0 Å². The maximum absolute atomic E-state index is 10.6. The van der Waals surface area contributed by atoms with Gasteiger partial charge in [-0.25, -0.2) is 14.8 Å². The molecule has 1 heterocycles. The average molecular weight is 296 g/mol. The van der Waals surface area contributed by atoms with Gasteiger partial charge in [-0.05, 0) is 6.07 Å². The molecule has 0 bridgehead atoms. The van der Waals surface area contributed by atoms with E-state index < -0.39 is 10.9 Å². The Balaban J connectivity index is 2.19. The van der Waals surface area contributed by atoms with E-state index in [0.29, 0.717) is 0 Å². The number of nitrogens with zero attached hydrogens (tertiary/aromatic N) is 3. The fourth-order valence-corrected chi connectivity index (χ4v) is 1.52. The van der Waals surface area contributed by atoms with Crippen molar-refractivity contribution in [2.75, 3.05) is 0 Å². The van der Waals surface area contributed by atoms with E-state index in [9.17, 15) is 14.9 Å². The van der Waals surface area contributed by atoms with Crippen molar-refractivity contribution in [3.63, 3.8) is 0 Å². The van der Waals surface area contributed by atoms with Crippen molar-refractivity contribution in [2.45, 2.75) is 0 Å². The second-order valence-electron chi connectivity index (χ2n) is 3.53. The van der Waals surface area contributed by atoms with Crippen molar-refractivity contribution in [3.8, 4) is 11.8 Å². The van der Waals surface area contributed by atoms with Gasteiger partial charge in [0.05, 0.1) is 10.5 Å². The summed E-state index contributed by atoms with van der Waals surface area (Å²) in [6.45, 7) is 0. The molecule has 1 aromatic carbocycles. The standard InChI is InChI=1S/C11H6ClN3O5/c12-8-3-7(1-2-9(8)15(18)19)20-11-13-4-6(5-14-11)10(16)17/h1-5H,(H,16,17). The van der Waals surface area contributed by atoms with Gasteiger partial charge in [0.1, 0.15) is 10.8 Å². The van der Waals surface area contributed by atoms with Crippen molar-refractivity contribution in [3.05, 3.63) is 51.3 Å². The van der Waals surface area contributed by atoms with Crippen molar-refractivity contribution < 1.29 is 19.6 Å². The number of aromatic carboxylic acids is 1. The van der Waals surface area contributed by atoms with Crippen LogP contribution in [0.4, 0.5) is 5.69 Å². The minimum absolute atomic E-state index is 0.0842. The molecule has 0 radical (unpaired) electrons. The molecule has 0 spiro atoms. The molecule has 0 atom stereocenters. The van der Waals surface area contributed by atoms with E-state index in [1.54, 1.807) is 0 Å². The van der Waals surface area contributed by atoms with E-state index in [-0.39, 0.29) is 28.0 Å². The topological polar surface area (TPSA) is 115 Å². The molecular weight excluding hydrogens is 290 g/mol. The van der Waals surface area contributed by atoms with Crippen LogP contribution in [0.5, 0.6) is 11.8 Å². The Morgan fingerprint density at radius 1 is 1.35 bits per heavy atom. The highest BCUT2D eigenvalue weighted by atomic mass is 35.5. The molecule has 0 aliphatic heterocycles. The molecule has 1 aromatic heterocycles. The highest BCUT2D eigenvalue weighted by Gasteiger charge is 2.13. The fourth-order valence-electron chi connectivity index (χ4n) is 1.28. The van der Waals surface area contributed by atoms with Crippen LogP contribution in [0.25, 0.3) is 0 Å². The summed E-state index contributed by atoms with van der Waals surface area (Å²) in [7, 11) is 0. The Kier molecular flexibility index (Phi) is 3.76. The molecule has 102 valence electrons. The van der Waals surface area contributed by atoms with Gasteiger partial charge in [0.2, 0.25) is 0 Å². The maximum atomic E-state index is 10.6. The van der Waals surface area contributed by atoms with E-state index in [0.717, 1.165) is 12.4 Å². The van der Waals surface area contributed by atoms with Crippen molar-refractivity contribution in [2.24, 2.45) is 0 Å². The van der Waals surface area contributed by atoms with Gasteiger partial charge < -0.3 is 9.84 Å². The van der Waals surface area contributed by atoms with E-state index in [4.69, 9.17) is 21.4 Å². The van der Waals surface area contributed by atoms with Gasteiger partial charge >= 0.3 is 12.0 Å². The highest BCUT2D eigenvalue weighted by molar-refractivity contribution is 6.32. The minimum atomic E-state index is -1.16. The van der Waals surface area contributed by atoms with Crippen LogP contribution in [-0.4, -0.2) is 26.0 Å². The lowest BCUT2D eigenvalue weighted by Gasteiger charge is -2.04. The lowest BCUT2D eigenvalue weighted by Crippen LogP contribution is -2.00. The van der Waals surface area contributed by atoms with Crippen LogP contribution in [0.15, 0.2) is 30.6 Å².